The van der Waals surface area contributed by atoms with Crippen molar-refractivity contribution < 1.29 is 28.5 Å². The van der Waals surface area contributed by atoms with Crippen LogP contribution in [0.4, 0.5) is 4.39 Å². The van der Waals surface area contributed by atoms with Crippen LogP contribution in [0.15, 0.2) is 12.1 Å². The minimum absolute atomic E-state index is 0.319. The number of halogens is 1. The lowest BCUT2D eigenvalue weighted by atomic mass is 9.96. The molecule has 1 aromatic rings. The second-order valence-corrected chi connectivity index (χ2v) is 5.63. The molecular formula is C16H19FO5. The third kappa shape index (κ3) is 2.27. The van der Waals surface area contributed by atoms with Crippen molar-refractivity contribution in [2.75, 3.05) is 20.3 Å². The number of rotatable bonds is 5. The molecule has 2 aliphatic rings. The molecule has 0 aromatic heterocycles. The van der Waals surface area contributed by atoms with Crippen molar-refractivity contribution in [2.24, 2.45) is 5.92 Å². The molecule has 0 bridgehead atoms. The summed E-state index contributed by atoms with van der Waals surface area (Å²) in [5.41, 5.74) is 0.946. The van der Waals surface area contributed by atoms with Crippen molar-refractivity contribution in [1.82, 2.24) is 0 Å². The molecule has 3 rings (SSSR count). The summed E-state index contributed by atoms with van der Waals surface area (Å²) in [6, 6.07) is 2.94. The summed E-state index contributed by atoms with van der Waals surface area (Å²) in [6.07, 6.45) is 0.981. The smallest absolute Gasteiger partial charge is 0.307 e. The average molecular weight is 310 g/mol. The molecule has 1 aliphatic heterocycles. The summed E-state index contributed by atoms with van der Waals surface area (Å²) in [5, 5.41) is 9.10. The zero-order valence-electron chi connectivity index (χ0n) is 12.6. The third-order valence-corrected chi connectivity index (χ3v) is 4.46. The van der Waals surface area contributed by atoms with E-state index in [2.05, 4.69) is 0 Å². The molecule has 0 unspecified atom stereocenters. The highest BCUT2D eigenvalue weighted by Crippen LogP contribution is 2.54. The molecule has 1 saturated heterocycles. The van der Waals surface area contributed by atoms with Gasteiger partial charge in [-0.2, -0.15) is 0 Å². The number of carboxylic acids is 1. The predicted molar refractivity (Wildman–Crippen MR) is 75.3 cm³/mol. The Kier molecular flexibility index (Phi) is 3.82. The van der Waals surface area contributed by atoms with E-state index in [4.69, 9.17) is 19.3 Å². The monoisotopic (exact) mass is 310 g/mol. The van der Waals surface area contributed by atoms with Gasteiger partial charge in [-0.15, -0.1) is 0 Å². The summed E-state index contributed by atoms with van der Waals surface area (Å²) in [4.78, 5) is 11.1. The molecule has 5 nitrogen and oxygen atoms in total. The molecule has 6 heteroatoms. The van der Waals surface area contributed by atoms with Crippen LogP contribution in [0.25, 0.3) is 0 Å². The number of ether oxygens (including phenoxy) is 3. The van der Waals surface area contributed by atoms with E-state index in [1.54, 1.807) is 6.07 Å². The van der Waals surface area contributed by atoms with E-state index < -0.39 is 23.5 Å². The molecule has 1 aliphatic carbocycles. The second-order valence-electron chi connectivity index (χ2n) is 5.63. The molecular weight excluding hydrogens is 291 g/mol. The fourth-order valence-corrected chi connectivity index (χ4v) is 3.23. The van der Waals surface area contributed by atoms with Gasteiger partial charge < -0.3 is 19.3 Å². The molecule has 22 heavy (non-hydrogen) atoms. The fourth-order valence-electron chi connectivity index (χ4n) is 3.23. The quantitative estimate of drug-likeness (QED) is 0.905. The Bertz CT molecular complexity index is 594. The minimum Gasteiger partial charge on any atom is -0.496 e. The highest BCUT2D eigenvalue weighted by atomic mass is 19.1. The number of hydrogen-bond acceptors (Lipinski definition) is 4. The Morgan fingerprint density at radius 2 is 2.14 bits per heavy atom. The standard InChI is InChI=1S/C16H19FO5/c1-3-16(21-6-7-22-16)11-4-5-12(17)13(14(11)20-2)9-8-10(9)15(18)19/h4-5,9-10H,3,6-8H2,1-2H3,(H,18,19)/t9-,10+/m0/s1. The van der Waals surface area contributed by atoms with Crippen molar-refractivity contribution in [3.8, 4) is 5.75 Å². The third-order valence-electron chi connectivity index (χ3n) is 4.46. The van der Waals surface area contributed by atoms with Crippen LogP contribution >= 0.6 is 0 Å². The molecule has 0 amide bonds. The summed E-state index contributed by atoms with van der Waals surface area (Å²) in [7, 11) is 1.46. The van der Waals surface area contributed by atoms with Gasteiger partial charge >= 0.3 is 5.97 Å². The van der Waals surface area contributed by atoms with Crippen LogP contribution in [0.3, 0.4) is 0 Å². The predicted octanol–water partition coefficient (Wildman–Crippen LogP) is 2.63. The van der Waals surface area contributed by atoms with Gasteiger partial charge in [0.2, 0.25) is 0 Å². The van der Waals surface area contributed by atoms with Crippen LogP contribution in [0.2, 0.25) is 0 Å². The Labute approximate surface area is 128 Å². The minimum atomic E-state index is -0.943. The van der Waals surface area contributed by atoms with Crippen molar-refractivity contribution in [2.45, 2.75) is 31.5 Å². The average Bonchev–Trinajstić information content (AvgIpc) is 3.15. The van der Waals surface area contributed by atoms with Gasteiger partial charge in [-0.3, -0.25) is 4.79 Å². The molecule has 1 aromatic carbocycles. The lowest BCUT2D eigenvalue weighted by Gasteiger charge is -2.29. The first kappa shape index (κ1) is 15.2. The number of aliphatic carboxylic acids is 1. The van der Waals surface area contributed by atoms with Crippen molar-refractivity contribution in [3.05, 3.63) is 29.1 Å². The first-order valence-corrected chi connectivity index (χ1v) is 7.41. The van der Waals surface area contributed by atoms with Gasteiger partial charge in [-0.25, -0.2) is 4.39 Å². The molecule has 2 atom stereocenters. The highest BCUT2D eigenvalue weighted by Gasteiger charge is 2.49. The molecule has 1 heterocycles. The van der Waals surface area contributed by atoms with E-state index in [1.807, 2.05) is 6.92 Å². The number of hydrogen-bond donors (Lipinski definition) is 1. The lowest BCUT2D eigenvalue weighted by Crippen LogP contribution is -2.27. The zero-order valence-corrected chi connectivity index (χ0v) is 12.6. The topological polar surface area (TPSA) is 65.0 Å². The first-order chi connectivity index (χ1) is 10.5. The molecule has 2 fully saturated rings. The van der Waals surface area contributed by atoms with E-state index in [0.717, 1.165) is 0 Å². The van der Waals surface area contributed by atoms with Crippen LogP contribution in [0.1, 0.15) is 36.8 Å². The Morgan fingerprint density at radius 3 is 2.64 bits per heavy atom. The summed E-state index contributed by atoms with van der Waals surface area (Å²) >= 11 is 0. The number of methoxy groups -OCH3 is 1. The maximum absolute atomic E-state index is 14.3. The van der Waals surface area contributed by atoms with Gasteiger partial charge in [0.05, 0.1) is 31.8 Å². The first-order valence-electron chi connectivity index (χ1n) is 7.41. The van der Waals surface area contributed by atoms with Crippen molar-refractivity contribution in [1.29, 1.82) is 0 Å². The van der Waals surface area contributed by atoms with Crippen molar-refractivity contribution >= 4 is 5.97 Å². The van der Waals surface area contributed by atoms with Crippen LogP contribution in [-0.2, 0) is 20.1 Å². The lowest BCUT2D eigenvalue weighted by molar-refractivity contribution is -0.168. The Morgan fingerprint density at radius 1 is 1.45 bits per heavy atom. The van der Waals surface area contributed by atoms with E-state index in [9.17, 15) is 9.18 Å². The van der Waals surface area contributed by atoms with Crippen molar-refractivity contribution in [3.63, 3.8) is 0 Å². The molecule has 0 spiro atoms. The van der Waals surface area contributed by atoms with Crippen LogP contribution < -0.4 is 4.74 Å². The van der Waals surface area contributed by atoms with E-state index >= 15 is 0 Å². The highest BCUT2D eigenvalue weighted by molar-refractivity contribution is 5.76. The van der Waals surface area contributed by atoms with E-state index in [1.165, 1.54) is 13.2 Å². The maximum atomic E-state index is 14.3. The van der Waals surface area contributed by atoms with Gasteiger partial charge in [-0.1, -0.05) is 6.92 Å². The number of carboxylic acid groups (broad SMARTS) is 1. The molecule has 1 saturated carbocycles. The van der Waals surface area contributed by atoms with Gasteiger partial charge in [-0.05, 0) is 18.6 Å². The normalized spacial score (nSPS) is 26.0. The van der Waals surface area contributed by atoms with Gasteiger partial charge in [0, 0.05) is 17.9 Å². The van der Waals surface area contributed by atoms with Crippen LogP contribution in [0.5, 0.6) is 5.75 Å². The maximum Gasteiger partial charge on any atom is 0.307 e. The SMILES string of the molecule is CCC1(c2ccc(F)c([C@H]3C[C@H]3C(=O)O)c2OC)OCCO1. The van der Waals surface area contributed by atoms with E-state index in [0.29, 0.717) is 42.9 Å². The van der Waals surface area contributed by atoms with E-state index in [-0.39, 0.29) is 5.92 Å². The van der Waals surface area contributed by atoms with Gasteiger partial charge in [0.25, 0.3) is 0 Å². The summed E-state index contributed by atoms with van der Waals surface area (Å²) in [5.74, 6) is -2.86. The van der Waals surface area contributed by atoms with Crippen LogP contribution in [-0.4, -0.2) is 31.4 Å². The zero-order chi connectivity index (χ0) is 15.9. The Hall–Kier alpha value is -1.66. The number of benzene rings is 1. The second kappa shape index (κ2) is 5.52. The fraction of sp³-hybridized carbons (Fsp3) is 0.562. The molecule has 1 N–H and O–H groups in total. The number of carbonyl (C=O) groups is 1. The van der Waals surface area contributed by atoms with Gasteiger partial charge in [0.15, 0.2) is 5.79 Å². The molecule has 0 radical (unpaired) electrons. The van der Waals surface area contributed by atoms with Crippen LogP contribution in [0, 0.1) is 11.7 Å². The van der Waals surface area contributed by atoms with Gasteiger partial charge in [0.1, 0.15) is 11.6 Å². The summed E-state index contributed by atoms with van der Waals surface area (Å²) in [6.45, 7) is 2.85. The Balaban J connectivity index is 2.08. The molecule has 120 valence electrons. The largest absolute Gasteiger partial charge is 0.496 e. The summed E-state index contributed by atoms with van der Waals surface area (Å²) < 4.78 is 31.2.